The van der Waals surface area contributed by atoms with E-state index in [0.29, 0.717) is 0 Å². The second kappa shape index (κ2) is 6.15. The summed E-state index contributed by atoms with van der Waals surface area (Å²) in [6.45, 7) is 0.750. The second-order valence-electron chi connectivity index (χ2n) is 5.54. The number of carboxylic acids is 1. The zero-order valence-corrected chi connectivity index (χ0v) is 12.2. The number of rotatable bonds is 4. The Morgan fingerprint density at radius 1 is 1.39 bits per heavy atom. The fourth-order valence-electron chi connectivity index (χ4n) is 2.94. The number of carboxylic acid groups (broad SMARTS) is 1. The Morgan fingerprint density at radius 2 is 2.00 bits per heavy atom. The third-order valence-corrected chi connectivity index (χ3v) is 4.22. The van der Waals surface area contributed by atoms with Gasteiger partial charge in [0.15, 0.2) is 0 Å². The summed E-state index contributed by atoms with van der Waals surface area (Å²) in [6.07, 6.45) is -4.62. The van der Waals surface area contributed by atoms with Crippen LogP contribution < -0.4 is 0 Å². The molecule has 1 aliphatic heterocycles. The lowest BCUT2D eigenvalue weighted by Gasteiger charge is -2.24. The van der Waals surface area contributed by atoms with E-state index in [-0.39, 0.29) is 17.8 Å². The van der Waals surface area contributed by atoms with E-state index < -0.39 is 41.5 Å². The summed E-state index contributed by atoms with van der Waals surface area (Å²) >= 11 is 0. The molecule has 1 N–H and O–H groups in total. The maximum Gasteiger partial charge on any atom is 0.393 e. The second-order valence-corrected chi connectivity index (χ2v) is 5.54. The number of nitrogens with zero attached hydrogens (tertiary/aromatic N) is 2. The van der Waals surface area contributed by atoms with Gasteiger partial charge in [0.1, 0.15) is 0 Å². The molecule has 1 unspecified atom stereocenters. The number of likely N-dealkylation sites (tertiary alicyclic amines) is 1. The highest BCUT2D eigenvalue weighted by molar-refractivity contribution is 5.71. The molecule has 0 spiro atoms. The molecule has 2 rings (SSSR count). The molecule has 1 aliphatic rings. The molecule has 1 aromatic rings. The van der Waals surface area contributed by atoms with Crippen molar-refractivity contribution in [2.24, 2.45) is 11.8 Å². The Labute approximate surface area is 129 Å². The van der Waals surface area contributed by atoms with Crippen molar-refractivity contribution >= 4 is 11.7 Å². The zero-order valence-electron chi connectivity index (χ0n) is 12.2. The quantitative estimate of drug-likeness (QED) is 0.677. The van der Waals surface area contributed by atoms with E-state index in [9.17, 15) is 28.1 Å². The van der Waals surface area contributed by atoms with Gasteiger partial charge in [0.05, 0.1) is 16.8 Å². The standard InChI is InChI=1S/C14H15F3N2O4/c1-8(9-4-2-3-5-12(9)19(22)23)18-6-10(13(20)21)11(7-18)14(15,16)17/h2-5,8,10-11H,6-7H2,1H3,(H,20,21)/t8?,10-,11-/m1/s1. The minimum absolute atomic E-state index is 0.192. The molecular formula is C14H15F3N2O4. The van der Waals surface area contributed by atoms with E-state index in [0.717, 1.165) is 0 Å². The van der Waals surface area contributed by atoms with E-state index in [2.05, 4.69) is 0 Å². The zero-order chi connectivity index (χ0) is 17.4. The van der Waals surface area contributed by atoms with Crippen LogP contribution in [0, 0.1) is 22.0 Å². The number of para-hydroxylation sites is 1. The highest BCUT2D eigenvalue weighted by Crippen LogP contribution is 2.41. The van der Waals surface area contributed by atoms with Crippen molar-refractivity contribution in [3.8, 4) is 0 Å². The van der Waals surface area contributed by atoms with E-state index in [1.165, 1.54) is 23.1 Å². The van der Waals surface area contributed by atoms with Crippen LogP contribution in [0.4, 0.5) is 18.9 Å². The number of nitro benzene ring substituents is 1. The summed E-state index contributed by atoms with van der Waals surface area (Å²) in [4.78, 5) is 22.9. The van der Waals surface area contributed by atoms with Crippen molar-refractivity contribution < 1.29 is 28.0 Å². The number of carbonyl (C=O) groups is 1. The minimum atomic E-state index is -4.62. The molecule has 0 bridgehead atoms. The SMILES string of the molecule is CC(c1ccccc1[N+](=O)[O-])N1C[C@@H](C(F)(F)F)[C@H](C(=O)O)C1. The molecule has 1 fully saturated rings. The lowest BCUT2D eigenvalue weighted by Crippen LogP contribution is -2.33. The maximum absolute atomic E-state index is 13.0. The number of halogens is 3. The first-order valence-electron chi connectivity index (χ1n) is 6.89. The number of hydrogen-bond acceptors (Lipinski definition) is 4. The molecular weight excluding hydrogens is 317 g/mol. The van der Waals surface area contributed by atoms with Gasteiger partial charge in [0, 0.05) is 30.8 Å². The Balaban J connectivity index is 2.30. The first-order valence-corrected chi connectivity index (χ1v) is 6.89. The Hall–Kier alpha value is -2.16. The first kappa shape index (κ1) is 17.2. The predicted molar refractivity (Wildman–Crippen MR) is 73.8 cm³/mol. The molecule has 0 aromatic heterocycles. The largest absolute Gasteiger partial charge is 0.481 e. The molecule has 1 saturated heterocycles. The molecule has 9 heteroatoms. The maximum atomic E-state index is 13.0. The molecule has 0 saturated carbocycles. The normalized spacial score (nSPS) is 23.7. The number of hydrogen-bond donors (Lipinski definition) is 1. The van der Waals surface area contributed by atoms with E-state index >= 15 is 0 Å². The van der Waals surface area contributed by atoms with Gasteiger partial charge in [-0.15, -0.1) is 0 Å². The van der Waals surface area contributed by atoms with Crippen molar-refractivity contribution in [1.29, 1.82) is 0 Å². The van der Waals surface area contributed by atoms with Crippen LogP contribution in [0.25, 0.3) is 0 Å². The van der Waals surface area contributed by atoms with Gasteiger partial charge in [0.25, 0.3) is 5.69 Å². The summed E-state index contributed by atoms with van der Waals surface area (Å²) in [5, 5.41) is 20.1. The number of aliphatic carboxylic acids is 1. The summed E-state index contributed by atoms with van der Waals surface area (Å²) in [5.74, 6) is -5.06. The molecule has 3 atom stereocenters. The first-order chi connectivity index (χ1) is 10.6. The highest BCUT2D eigenvalue weighted by atomic mass is 19.4. The summed E-state index contributed by atoms with van der Waals surface area (Å²) in [6, 6.07) is 5.09. The van der Waals surface area contributed by atoms with Gasteiger partial charge >= 0.3 is 12.1 Å². The average molecular weight is 332 g/mol. The predicted octanol–water partition coefficient (Wildman–Crippen LogP) is 2.85. The van der Waals surface area contributed by atoms with Gasteiger partial charge < -0.3 is 5.11 Å². The molecule has 126 valence electrons. The van der Waals surface area contributed by atoms with Crippen LogP contribution in [0.2, 0.25) is 0 Å². The van der Waals surface area contributed by atoms with Gasteiger partial charge in [0.2, 0.25) is 0 Å². The van der Waals surface area contributed by atoms with E-state index in [1.807, 2.05) is 0 Å². The van der Waals surface area contributed by atoms with Crippen LogP contribution in [0.5, 0.6) is 0 Å². The Kier molecular flexibility index (Phi) is 4.60. The summed E-state index contributed by atoms with van der Waals surface area (Å²) in [7, 11) is 0. The van der Waals surface area contributed by atoms with Crippen LogP contribution >= 0.6 is 0 Å². The van der Waals surface area contributed by atoms with Crippen LogP contribution in [-0.4, -0.2) is 40.2 Å². The molecule has 0 amide bonds. The summed E-state index contributed by atoms with van der Waals surface area (Å²) < 4.78 is 39.1. The van der Waals surface area contributed by atoms with E-state index in [1.54, 1.807) is 13.0 Å². The number of benzene rings is 1. The Morgan fingerprint density at radius 3 is 2.48 bits per heavy atom. The average Bonchev–Trinajstić information content (AvgIpc) is 2.92. The van der Waals surface area contributed by atoms with Gasteiger partial charge in [-0.3, -0.25) is 19.8 Å². The minimum Gasteiger partial charge on any atom is -0.481 e. The van der Waals surface area contributed by atoms with Crippen molar-refractivity contribution in [2.75, 3.05) is 13.1 Å². The number of nitro groups is 1. The summed E-state index contributed by atoms with van der Waals surface area (Å²) in [5.41, 5.74) is 0.0757. The van der Waals surface area contributed by atoms with Gasteiger partial charge in [-0.2, -0.15) is 13.2 Å². The molecule has 23 heavy (non-hydrogen) atoms. The molecule has 1 heterocycles. The molecule has 6 nitrogen and oxygen atoms in total. The van der Waals surface area contributed by atoms with Gasteiger partial charge in [-0.05, 0) is 6.92 Å². The lowest BCUT2D eigenvalue weighted by atomic mass is 9.96. The lowest BCUT2D eigenvalue weighted by molar-refractivity contribution is -0.386. The van der Waals surface area contributed by atoms with Crippen LogP contribution in [0.3, 0.4) is 0 Å². The van der Waals surface area contributed by atoms with Gasteiger partial charge in [-0.25, -0.2) is 0 Å². The topological polar surface area (TPSA) is 83.7 Å². The molecule has 0 aliphatic carbocycles. The fraction of sp³-hybridized carbons (Fsp3) is 0.500. The molecule has 1 aromatic carbocycles. The highest BCUT2D eigenvalue weighted by Gasteiger charge is 2.53. The van der Waals surface area contributed by atoms with Crippen LogP contribution in [0.1, 0.15) is 18.5 Å². The van der Waals surface area contributed by atoms with Crippen molar-refractivity contribution in [1.82, 2.24) is 4.90 Å². The van der Waals surface area contributed by atoms with Gasteiger partial charge in [-0.1, -0.05) is 18.2 Å². The van der Waals surface area contributed by atoms with Crippen molar-refractivity contribution in [3.63, 3.8) is 0 Å². The smallest absolute Gasteiger partial charge is 0.393 e. The van der Waals surface area contributed by atoms with Crippen molar-refractivity contribution in [3.05, 3.63) is 39.9 Å². The third kappa shape index (κ3) is 3.44. The van der Waals surface area contributed by atoms with Crippen LogP contribution in [-0.2, 0) is 4.79 Å². The Bertz CT molecular complexity index is 620. The number of alkyl halides is 3. The van der Waals surface area contributed by atoms with Crippen LogP contribution in [0.15, 0.2) is 24.3 Å². The monoisotopic (exact) mass is 332 g/mol. The molecule has 0 radical (unpaired) electrons. The van der Waals surface area contributed by atoms with E-state index in [4.69, 9.17) is 5.11 Å². The van der Waals surface area contributed by atoms with Crippen molar-refractivity contribution in [2.45, 2.75) is 19.1 Å². The fourth-order valence-corrected chi connectivity index (χ4v) is 2.94. The third-order valence-electron chi connectivity index (χ3n) is 4.22.